The number of aryl methyl sites for hydroxylation is 1. The summed E-state index contributed by atoms with van der Waals surface area (Å²) >= 11 is 5.27. The van der Waals surface area contributed by atoms with Crippen LogP contribution in [0.25, 0.3) is 28.6 Å². The van der Waals surface area contributed by atoms with Crippen molar-refractivity contribution in [2.45, 2.75) is 6.92 Å². The first-order valence-corrected chi connectivity index (χ1v) is 10.5. The lowest BCUT2D eigenvalue weighted by molar-refractivity contribution is -0.115. The molecule has 1 heterocycles. The van der Waals surface area contributed by atoms with Crippen LogP contribution in [0.2, 0.25) is 0 Å². The van der Waals surface area contributed by atoms with Crippen LogP contribution in [-0.4, -0.2) is 28.2 Å². The largest absolute Gasteiger partial charge is 0.507 e. The van der Waals surface area contributed by atoms with Crippen molar-refractivity contribution in [3.8, 4) is 23.0 Å². The van der Waals surface area contributed by atoms with Crippen LogP contribution in [0, 0.1) is 6.92 Å². The summed E-state index contributed by atoms with van der Waals surface area (Å²) in [7, 11) is 1.60. The molecule has 1 amide bonds. The van der Waals surface area contributed by atoms with E-state index in [-0.39, 0.29) is 22.7 Å². The predicted molar refractivity (Wildman–Crippen MR) is 132 cm³/mol. The van der Waals surface area contributed by atoms with E-state index < -0.39 is 0 Å². The molecule has 0 saturated carbocycles. The number of aromatic nitrogens is 1. The molecular formula is C25H21N3O4S. The first-order chi connectivity index (χ1) is 15.9. The third-order valence-electron chi connectivity index (χ3n) is 4.86. The van der Waals surface area contributed by atoms with Crippen molar-refractivity contribution in [1.29, 1.82) is 0 Å². The molecule has 166 valence electrons. The fraction of sp³-hybridized carbons (Fsp3) is 0.0800. The van der Waals surface area contributed by atoms with E-state index >= 15 is 0 Å². The number of carbonyl (C=O) groups excluding carboxylic acids is 1. The zero-order valence-corrected chi connectivity index (χ0v) is 18.8. The minimum atomic E-state index is -0.377. The number of phenolic OH excluding ortho intramolecular Hbond substituents is 1. The first-order valence-electron chi connectivity index (χ1n) is 10.1. The van der Waals surface area contributed by atoms with Crippen LogP contribution in [-0.2, 0) is 4.79 Å². The van der Waals surface area contributed by atoms with Gasteiger partial charge in [0.25, 0.3) is 0 Å². The minimum Gasteiger partial charge on any atom is -0.507 e. The molecule has 3 N–H and O–H groups in total. The van der Waals surface area contributed by atoms with Gasteiger partial charge in [-0.15, -0.1) is 0 Å². The quantitative estimate of drug-likeness (QED) is 0.218. The van der Waals surface area contributed by atoms with E-state index in [1.807, 2.05) is 48.5 Å². The molecule has 0 saturated heterocycles. The lowest BCUT2D eigenvalue weighted by Gasteiger charge is -2.12. The van der Waals surface area contributed by atoms with Crippen molar-refractivity contribution in [3.63, 3.8) is 0 Å². The number of rotatable bonds is 5. The van der Waals surface area contributed by atoms with Gasteiger partial charge in [0, 0.05) is 11.8 Å². The van der Waals surface area contributed by atoms with Crippen molar-refractivity contribution in [2.75, 3.05) is 12.4 Å². The third-order valence-corrected chi connectivity index (χ3v) is 5.07. The summed E-state index contributed by atoms with van der Waals surface area (Å²) < 4.78 is 10.9. The Morgan fingerprint density at radius 3 is 2.64 bits per heavy atom. The van der Waals surface area contributed by atoms with Gasteiger partial charge in [-0.1, -0.05) is 24.3 Å². The number of ether oxygens (including phenoxy) is 1. The van der Waals surface area contributed by atoms with Crippen LogP contribution >= 0.6 is 12.2 Å². The van der Waals surface area contributed by atoms with Gasteiger partial charge in [-0.05, 0) is 72.7 Å². The summed E-state index contributed by atoms with van der Waals surface area (Å²) in [4.78, 5) is 16.7. The van der Waals surface area contributed by atoms with E-state index in [1.165, 1.54) is 6.08 Å². The summed E-state index contributed by atoms with van der Waals surface area (Å²) in [6.07, 6.45) is 3.06. The van der Waals surface area contributed by atoms with Gasteiger partial charge >= 0.3 is 0 Å². The standard InChI is InChI=1S/C25H21N3O4S/c1-15-13-17(14-19(23(15)30)24-27-20-5-3-4-6-21(20)32-24)26-25(33)28-22(29)12-9-16-7-10-18(31-2)11-8-16/h3-14,30H,1-2H3,(H2,26,28,29,33)/b12-9+. The Bertz CT molecular complexity index is 1330. The van der Waals surface area contributed by atoms with E-state index in [1.54, 1.807) is 32.2 Å². The smallest absolute Gasteiger partial charge is 0.250 e. The fourth-order valence-electron chi connectivity index (χ4n) is 3.21. The van der Waals surface area contributed by atoms with Gasteiger partial charge in [0.15, 0.2) is 10.7 Å². The Balaban J connectivity index is 1.46. The van der Waals surface area contributed by atoms with E-state index in [0.717, 1.165) is 11.3 Å². The molecular weight excluding hydrogens is 438 g/mol. The summed E-state index contributed by atoms with van der Waals surface area (Å²) in [5.41, 5.74) is 3.76. The number of phenols is 1. The van der Waals surface area contributed by atoms with Crippen molar-refractivity contribution < 1.29 is 19.1 Å². The molecule has 7 nitrogen and oxygen atoms in total. The normalized spacial score (nSPS) is 11.0. The highest BCUT2D eigenvalue weighted by Crippen LogP contribution is 2.36. The van der Waals surface area contributed by atoms with Gasteiger partial charge in [0.1, 0.15) is 17.0 Å². The number of hydrogen-bond donors (Lipinski definition) is 3. The van der Waals surface area contributed by atoms with E-state index in [4.69, 9.17) is 21.4 Å². The SMILES string of the molecule is COc1ccc(/C=C/C(=O)NC(=S)Nc2cc(C)c(O)c(-c3nc4ccccc4o3)c2)cc1. The number of benzene rings is 3. The van der Waals surface area contributed by atoms with Crippen LogP contribution < -0.4 is 15.4 Å². The average molecular weight is 460 g/mol. The van der Waals surface area contributed by atoms with Crippen LogP contribution in [0.4, 0.5) is 5.69 Å². The maximum atomic E-state index is 12.2. The van der Waals surface area contributed by atoms with E-state index in [9.17, 15) is 9.90 Å². The Hall–Kier alpha value is -4.17. The number of nitrogens with one attached hydrogen (secondary N) is 2. The number of aromatic hydroxyl groups is 1. The molecule has 0 bridgehead atoms. The fourth-order valence-corrected chi connectivity index (χ4v) is 3.42. The van der Waals surface area contributed by atoms with Gasteiger partial charge in [0.2, 0.25) is 11.8 Å². The van der Waals surface area contributed by atoms with Crippen molar-refractivity contribution in [2.24, 2.45) is 0 Å². The molecule has 0 unspecified atom stereocenters. The molecule has 0 fully saturated rings. The number of para-hydroxylation sites is 2. The maximum Gasteiger partial charge on any atom is 0.250 e. The van der Waals surface area contributed by atoms with Crippen LogP contribution in [0.3, 0.4) is 0 Å². The molecule has 1 aromatic heterocycles. The first kappa shape index (κ1) is 22.0. The van der Waals surface area contributed by atoms with Gasteiger partial charge in [-0.25, -0.2) is 4.98 Å². The highest BCUT2D eigenvalue weighted by Gasteiger charge is 2.16. The Kier molecular flexibility index (Phi) is 6.37. The Morgan fingerprint density at radius 2 is 1.91 bits per heavy atom. The number of methoxy groups -OCH3 is 1. The molecule has 8 heteroatoms. The second-order valence-corrected chi connectivity index (χ2v) is 7.63. The lowest BCUT2D eigenvalue weighted by Crippen LogP contribution is -2.32. The van der Waals surface area contributed by atoms with Gasteiger partial charge in [-0.2, -0.15) is 0 Å². The number of oxazole rings is 1. The van der Waals surface area contributed by atoms with Gasteiger partial charge in [-0.3, -0.25) is 10.1 Å². The topological polar surface area (TPSA) is 96.6 Å². The Morgan fingerprint density at radius 1 is 1.15 bits per heavy atom. The van der Waals surface area contributed by atoms with Gasteiger partial charge < -0.3 is 19.6 Å². The average Bonchev–Trinajstić information content (AvgIpc) is 3.24. The number of anilines is 1. The molecule has 4 rings (SSSR count). The molecule has 0 aliphatic carbocycles. The lowest BCUT2D eigenvalue weighted by atomic mass is 10.1. The molecule has 0 radical (unpaired) electrons. The summed E-state index contributed by atoms with van der Waals surface area (Å²) in [6.45, 7) is 1.76. The zero-order valence-electron chi connectivity index (χ0n) is 18.0. The number of nitrogens with zero attached hydrogens (tertiary/aromatic N) is 1. The highest BCUT2D eigenvalue weighted by atomic mass is 32.1. The summed E-state index contributed by atoms with van der Waals surface area (Å²) in [5, 5.41) is 16.2. The van der Waals surface area contributed by atoms with Crippen molar-refractivity contribution in [1.82, 2.24) is 10.3 Å². The van der Waals surface area contributed by atoms with E-state index in [2.05, 4.69) is 15.6 Å². The van der Waals surface area contributed by atoms with Crippen LogP contribution in [0.1, 0.15) is 11.1 Å². The molecule has 3 aromatic carbocycles. The van der Waals surface area contributed by atoms with E-state index in [0.29, 0.717) is 27.9 Å². The number of carbonyl (C=O) groups is 1. The Labute approximate surface area is 195 Å². The van der Waals surface area contributed by atoms with Crippen molar-refractivity contribution in [3.05, 3.63) is 77.9 Å². The number of thiocarbonyl (C=S) groups is 1. The minimum absolute atomic E-state index is 0.0597. The monoisotopic (exact) mass is 459 g/mol. The van der Waals surface area contributed by atoms with Gasteiger partial charge in [0.05, 0.1) is 12.7 Å². The summed E-state index contributed by atoms with van der Waals surface area (Å²) in [5.74, 6) is 0.712. The second-order valence-electron chi connectivity index (χ2n) is 7.23. The molecule has 0 atom stereocenters. The molecule has 33 heavy (non-hydrogen) atoms. The highest BCUT2D eigenvalue weighted by molar-refractivity contribution is 7.80. The molecule has 4 aromatic rings. The zero-order chi connectivity index (χ0) is 23.4. The third kappa shape index (κ3) is 5.19. The molecule has 0 aliphatic rings. The number of amides is 1. The number of fused-ring (bicyclic) bond motifs is 1. The number of hydrogen-bond acceptors (Lipinski definition) is 6. The van der Waals surface area contributed by atoms with Crippen LogP contribution in [0.5, 0.6) is 11.5 Å². The van der Waals surface area contributed by atoms with Crippen molar-refractivity contribution >= 4 is 46.1 Å². The molecule has 0 aliphatic heterocycles. The molecule has 0 spiro atoms. The summed E-state index contributed by atoms with van der Waals surface area (Å²) in [6, 6.07) is 18.0. The predicted octanol–water partition coefficient (Wildman–Crippen LogP) is 5.04. The second kappa shape index (κ2) is 9.54. The maximum absolute atomic E-state index is 12.2. The van der Waals surface area contributed by atoms with Crippen LogP contribution in [0.15, 0.2) is 71.2 Å².